The molecule has 24 heavy (non-hydrogen) atoms. The second kappa shape index (κ2) is 6.84. The number of rotatable bonds is 5. The van der Waals surface area contributed by atoms with Gasteiger partial charge in [-0.15, -0.1) is 11.3 Å². The van der Waals surface area contributed by atoms with Crippen LogP contribution in [-0.4, -0.2) is 21.4 Å². The standard InChI is InChI=1S/C17H17N3O3S/c1-11(2)23-13-5-3-12(4-6-13)9-18-15(21)14-10-19-17-20(16(14)22)7-8-24-17/h3-8,10-11H,9H2,1-2H3,(H,18,21). The fourth-order valence-electron chi connectivity index (χ4n) is 2.22. The van der Waals surface area contributed by atoms with Crippen molar-refractivity contribution < 1.29 is 9.53 Å². The van der Waals surface area contributed by atoms with Crippen LogP contribution in [0, 0.1) is 0 Å². The summed E-state index contributed by atoms with van der Waals surface area (Å²) in [6, 6.07) is 7.47. The topological polar surface area (TPSA) is 72.7 Å². The fourth-order valence-corrected chi connectivity index (χ4v) is 2.89. The number of ether oxygens (including phenoxy) is 1. The van der Waals surface area contributed by atoms with E-state index in [0.29, 0.717) is 11.5 Å². The van der Waals surface area contributed by atoms with Gasteiger partial charge in [-0.1, -0.05) is 12.1 Å². The van der Waals surface area contributed by atoms with Gasteiger partial charge in [0.25, 0.3) is 11.5 Å². The molecule has 0 aliphatic carbocycles. The lowest BCUT2D eigenvalue weighted by atomic mass is 10.2. The minimum atomic E-state index is -0.435. The maximum Gasteiger partial charge on any atom is 0.271 e. The van der Waals surface area contributed by atoms with E-state index in [4.69, 9.17) is 4.74 Å². The summed E-state index contributed by atoms with van der Waals surface area (Å²) in [5, 5.41) is 4.50. The van der Waals surface area contributed by atoms with E-state index in [2.05, 4.69) is 10.3 Å². The second-order valence-corrected chi connectivity index (χ2v) is 6.40. The molecule has 0 saturated carbocycles. The molecule has 2 heterocycles. The van der Waals surface area contributed by atoms with Gasteiger partial charge in [0.2, 0.25) is 0 Å². The number of nitrogens with one attached hydrogen (secondary N) is 1. The molecule has 7 heteroatoms. The maximum atomic E-state index is 12.2. The van der Waals surface area contributed by atoms with Crippen molar-refractivity contribution in [2.45, 2.75) is 26.5 Å². The van der Waals surface area contributed by atoms with Crippen LogP contribution in [0.5, 0.6) is 5.75 Å². The van der Waals surface area contributed by atoms with Crippen molar-refractivity contribution in [3.63, 3.8) is 0 Å². The van der Waals surface area contributed by atoms with E-state index in [-0.39, 0.29) is 17.2 Å². The molecule has 0 bridgehead atoms. The Morgan fingerprint density at radius 3 is 2.79 bits per heavy atom. The lowest BCUT2D eigenvalue weighted by Gasteiger charge is -2.10. The molecule has 124 valence electrons. The minimum Gasteiger partial charge on any atom is -0.491 e. The highest BCUT2D eigenvalue weighted by atomic mass is 32.1. The zero-order valence-corrected chi connectivity index (χ0v) is 14.2. The summed E-state index contributed by atoms with van der Waals surface area (Å²) >= 11 is 1.35. The number of hydrogen-bond acceptors (Lipinski definition) is 5. The second-order valence-electron chi connectivity index (χ2n) is 5.53. The number of thiazole rings is 1. The molecule has 0 atom stereocenters. The summed E-state index contributed by atoms with van der Waals surface area (Å²) < 4.78 is 6.95. The molecule has 2 aromatic heterocycles. The SMILES string of the molecule is CC(C)Oc1ccc(CNC(=O)c2cnc3sccn3c2=O)cc1. The first-order valence-corrected chi connectivity index (χ1v) is 8.41. The summed E-state index contributed by atoms with van der Waals surface area (Å²) in [5.74, 6) is 0.348. The molecular formula is C17H17N3O3S. The van der Waals surface area contributed by atoms with Crippen LogP contribution in [0.1, 0.15) is 29.8 Å². The predicted molar refractivity (Wildman–Crippen MR) is 92.7 cm³/mol. The molecule has 0 saturated heterocycles. The van der Waals surface area contributed by atoms with Crippen molar-refractivity contribution in [2.24, 2.45) is 0 Å². The van der Waals surface area contributed by atoms with E-state index in [1.807, 2.05) is 38.1 Å². The summed E-state index contributed by atoms with van der Waals surface area (Å²) in [6.45, 7) is 4.25. The van der Waals surface area contributed by atoms with Crippen LogP contribution >= 0.6 is 11.3 Å². The van der Waals surface area contributed by atoms with Gasteiger partial charge in [0.05, 0.1) is 6.10 Å². The quantitative estimate of drug-likeness (QED) is 0.772. The molecule has 3 rings (SSSR count). The Morgan fingerprint density at radius 1 is 1.33 bits per heavy atom. The van der Waals surface area contributed by atoms with Gasteiger partial charge in [0.15, 0.2) is 4.96 Å². The molecule has 1 amide bonds. The van der Waals surface area contributed by atoms with Gasteiger partial charge >= 0.3 is 0 Å². The van der Waals surface area contributed by atoms with Crippen molar-refractivity contribution in [1.29, 1.82) is 0 Å². The maximum absolute atomic E-state index is 12.2. The highest BCUT2D eigenvalue weighted by Crippen LogP contribution is 2.13. The highest BCUT2D eigenvalue weighted by molar-refractivity contribution is 7.15. The summed E-state index contributed by atoms with van der Waals surface area (Å²) in [5.41, 5.74) is 0.592. The predicted octanol–water partition coefficient (Wildman–Crippen LogP) is 2.47. The van der Waals surface area contributed by atoms with Crippen molar-refractivity contribution in [3.05, 3.63) is 63.5 Å². The Labute approximate surface area is 142 Å². The van der Waals surface area contributed by atoms with Gasteiger partial charge in [0.1, 0.15) is 11.3 Å². The van der Waals surface area contributed by atoms with Crippen molar-refractivity contribution in [1.82, 2.24) is 14.7 Å². The van der Waals surface area contributed by atoms with Crippen LogP contribution < -0.4 is 15.6 Å². The van der Waals surface area contributed by atoms with Gasteiger partial charge in [-0.25, -0.2) is 4.98 Å². The van der Waals surface area contributed by atoms with E-state index >= 15 is 0 Å². The van der Waals surface area contributed by atoms with Gasteiger partial charge in [-0.05, 0) is 31.5 Å². The molecule has 0 unspecified atom stereocenters. The van der Waals surface area contributed by atoms with Gasteiger partial charge in [-0.2, -0.15) is 0 Å². The third-order valence-corrected chi connectivity index (χ3v) is 4.11. The summed E-state index contributed by atoms with van der Waals surface area (Å²) in [4.78, 5) is 29.2. The average molecular weight is 343 g/mol. The Balaban J connectivity index is 1.68. The number of carbonyl (C=O) groups excluding carboxylic acids is 1. The third-order valence-electron chi connectivity index (χ3n) is 3.34. The molecule has 0 spiro atoms. The number of aromatic nitrogens is 2. The Hall–Kier alpha value is -2.67. The smallest absolute Gasteiger partial charge is 0.271 e. The highest BCUT2D eigenvalue weighted by Gasteiger charge is 2.13. The van der Waals surface area contributed by atoms with Crippen molar-refractivity contribution in [3.8, 4) is 5.75 Å². The molecule has 0 fully saturated rings. The minimum absolute atomic E-state index is 0.0330. The van der Waals surface area contributed by atoms with Crippen LogP contribution in [-0.2, 0) is 6.54 Å². The van der Waals surface area contributed by atoms with Crippen LogP contribution in [0.4, 0.5) is 0 Å². The molecule has 0 aliphatic rings. The zero-order chi connectivity index (χ0) is 17.1. The molecule has 3 aromatic rings. The van der Waals surface area contributed by atoms with Crippen LogP contribution in [0.15, 0.2) is 46.8 Å². The number of benzene rings is 1. The van der Waals surface area contributed by atoms with E-state index in [1.165, 1.54) is 21.9 Å². The van der Waals surface area contributed by atoms with E-state index < -0.39 is 5.91 Å². The largest absolute Gasteiger partial charge is 0.491 e. The van der Waals surface area contributed by atoms with Gasteiger partial charge in [-0.3, -0.25) is 14.0 Å². The van der Waals surface area contributed by atoms with Crippen LogP contribution in [0.3, 0.4) is 0 Å². The zero-order valence-electron chi connectivity index (χ0n) is 13.4. The Kier molecular flexibility index (Phi) is 4.61. The molecular weight excluding hydrogens is 326 g/mol. The van der Waals surface area contributed by atoms with Gasteiger partial charge < -0.3 is 10.1 Å². The Bertz CT molecular complexity index is 913. The van der Waals surface area contributed by atoms with E-state index in [0.717, 1.165) is 11.3 Å². The number of carbonyl (C=O) groups is 1. The molecule has 1 N–H and O–H groups in total. The summed E-state index contributed by atoms with van der Waals surface area (Å²) in [7, 11) is 0. The lowest BCUT2D eigenvalue weighted by molar-refractivity contribution is 0.0949. The first-order chi connectivity index (χ1) is 11.5. The van der Waals surface area contributed by atoms with E-state index in [9.17, 15) is 9.59 Å². The number of amides is 1. The molecule has 0 aliphatic heterocycles. The van der Waals surface area contributed by atoms with Crippen LogP contribution in [0.2, 0.25) is 0 Å². The van der Waals surface area contributed by atoms with Crippen molar-refractivity contribution in [2.75, 3.05) is 0 Å². The number of nitrogens with zero attached hydrogens (tertiary/aromatic N) is 2. The first-order valence-electron chi connectivity index (χ1n) is 7.53. The Morgan fingerprint density at radius 2 is 2.08 bits per heavy atom. The molecule has 6 nitrogen and oxygen atoms in total. The normalized spacial score (nSPS) is 11.0. The van der Waals surface area contributed by atoms with Gasteiger partial charge in [0, 0.05) is 24.3 Å². The average Bonchev–Trinajstić information content (AvgIpc) is 3.03. The number of fused-ring (bicyclic) bond motifs is 1. The van der Waals surface area contributed by atoms with Crippen LogP contribution in [0.25, 0.3) is 4.96 Å². The third kappa shape index (κ3) is 3.46. The lowest BCUT2D eigenvalue weighted by Crippen LogP contribution is -2.30. The number of hydrogen-bond donors (Lipinski definition) is 1. The van der Waals surface area contributed by atoms with Crippen molar-refractivity contribution >= 4 is 22.2 Å². The monoisotopic (exact) mass is 343 g/mol. The molecule has 0 radical (unpaired) electrons. The first kappa shape index (κ1) is 16.2. The summed E-state index contributed by atoms with van der Waals surface area (Å²) in [6.07, 6.45) is 3.05. The van der Waals surface area contributed by atoms with E-state index in [1.54, 1.807) is 11.6 Å². The molecule has 1 aromatic carbocycles. The fraction of sp³-hybridized carbons (Fsp3) is 0.235.